The number of nitrogens with zero attached hydrogens (tertiary/aromatic N) is 3. The van der Waals surface area contributed by atoms with E-state index < -0.39 is 0 Å². The monoisotopic (exact) mass is 468 g/mol. The van der Waals surface area contributed by atoms with Gasteiger partial charge < -0.3 is 5.32 Å². The first-order chi connectivity index (χ1) is 15.1. The average Bonchev–Trinajstić information content (AvgIpc) is 3.56. The summed E-state index contributed by atoms with van der Waals surface area (Å²) >= 11 is 4.18. The fourth-order valence-electron chi connectivity index (χ4n) is 4.82. The Morgan fingerprint density at radius 3 is 2.68 bits per heavy atom. The average molecular weight is 469 g/mol. The predicted molar refractivity (Wildman–Crippen MR) is 121 cm³/mol. The van der Waals surface area contributed by atoms with E-state index in [1.54, 1.807) is 17.6 Å². The van der Waals surface area contributed by atoms with Gasteiger partial charge in [0.2, 0.25) is 17.7 Å². The summed E-state index contributed by atoms with van der Waals surface area (Å²) in [5.74, 6) is -0.0844. The number of hydrogen-bond acceptors (Lipinski definition) is 8. The number of imide groups is 1. The van der Waals surface area contributed by atoms with Gasteiger partial charge in [-0.1, -0.05) is 23.9 Å². The number of amides is 3. The topological polar surface area (TPSA) is 92.3 Å². The Kier molecular flexibility index (Phi) is 4.48. The van der Waals surface area contributed by atoms with E-state index in [0.717, 1.165) is 21.0 Å². The van der Waals surface area contributed by atoms with Crippen LogP contribution in [0, 0.1) is 23.7 Å². The fourth-order valence-corrected chi connectivity index (χ4v) is 7.26. The van der Waals surface area contributed by atoms with Crippen molar-refractivity contribution in [3.05, 3.63) is 41.9 Å². The number of thioether (sulfide) groups is 1. The second-order valence-corrected chi connectivity index (χ2v) is 11.0. The first-order valence-electron chi connectivity index (χ1n) is 9.87. The molecule has 1 aliphatic heterocycles. The molecule has 0 radical (unpaired) electrons. The minimum absolute atomic E-state index is 0.0795. The standard InChI is InChI=1S/C21H16N4O3S3/c26-15(24-20-22-5-6-29-20)9-30-21-23-13-4-3-12(8-14(13)31-21)25-18(27)16-10-1-2-11(7-10)17(16)19(25)28/h1-6,8,10-11,16-17H,7,9H2,(H,22,24,26)/t10-,11-,16-,17+/m0/s1. The summed E-state index contributed by atoms with van der Waals surface area (Å²) in [6.45, 7) is 0. The van der Waals surface area contributed by atoms with E-state index in [0.29, 0.717) is 10.8 Å². The number of thiazole rings is 2. The number of hydrogen-bond donors (Lipinski definition) is 1. The maximum Gasteiger partial charge on any atom is 0.238 e. The van der Waals surface area contributed by atoms with Gasteiger partial charge in [0.25, 0.3) is 0 Å². The van der Waals surface area contributed by atoms with Gasteiger partial charge in [0.15, 0.2) is 9.47 Å². The minimum Gasteiger partial charge on any atom is -0.301 e. The number of allylic oxidation sites excluding steroid dienone is 2. The third kappa shape index (κ3) is 3.12. The summed E-state index contributed by atoms with van der Waals surface area (Å²) in [6.07, 6.45) is 6.76. The van der Waals surface area contributed by atoms with E-state index in [2.05, 4.69) is 27.4 Å². The zero-order valence-electron chi connectivity index (χ0n) is 16.1. The third-order valence-corrected chi connectivity index (χ3v) is 8.94. The maximum atomic E-state index is 13.0. The van der Waals surface area contributed by atoms with E-state index in [1.807, 2.05) is 12.1 Å². The van der Waals surface area contributed by atoms with Gasteiger partial charge in [-0.05, 0) is 36.5 Å². The summed E-state index contributed by atoms with van der Waals surface area (Å²) in [5.41, 5.74) is 1.40. The SMILES string of the molecule is O=C(CSc1nc2ccc(N3C(=O)[C@@H]4[C@H](C3=O)[C@H]3C=C[C@H]4C3)cc2s1)Nc1nccs1. The molecule has 3 heterocycles. The Bertz CT molecular complexity index is 1220. The van der Waals surface area contributed by atoms with Crippen molar-refractivity contribution >= 4 is 73.2 Å². The van der Waals surface area contributed by atoms with E-state index >= 15 is 0 Å². The largest absolute Gasteiger partial charge is 0.301 e. The van der Waals surface area contributed by atoms with Gasteiger partial charge >= 0.3 is 0 Å². The van der Waals surface area contributed by atoms with Crippen molar-refractivity contribution in [2.24, 2.45) is 23.7 Å². The first kappa shape index (κ1) is 19.1. The quantitative estimate of drug-likeness (QED) is 0.348. The molecule has 31 heavy (non-hydrogen) atoms. The van der Waals surface area contributed by atoms with Gasteiger partial charge in [0, 0.05) is 11.6 Å². The lowest BCUT2D eigenvalue weighted by molar-refractivity contribution is -0.123. The summed E-state index contributed by atoms with van der Waals surface area (Å²) < 4.78 is 1.65. The van der Waals surface area contributed by atoms with Crippen molar-refractivity contribution in [1.82, 2.24) is 9.97 Å². The Balaban J connectivity index is 1.19. The Morgan fingerprint density at radius 2 is 1.97 bits per heavy atom. The molecule has 1 saturated carbocycles. The van der Waals surface area contributed by atoms with E-state index in [-0.39, 0.29) is 47.1 Å². The highest BCUT2D eigenvalue weighted by Gasteiger charge is 2.59. The summed E-state index contributed by atoms with van der Waals surface area (Å²) in [4.78, 5) is 48.1. The molecule has 1 saturated heterocycles. The molecule has 2 aromatic heterocycles. The van der Waals surface area contributed by atoms with Crippen LogP contribution in [-0.4, -0.2) is 33.4 Å². The summed E-state index contributed by atoms with van der Waals surface area (Å²) in [7, 11) is 0. The minimum atomic E-state index is -0.206. The molecule has 3 aromatic rings. The van der Waals surface area contributed by atoms with Crippen LogP contribution in [0.25, 0.3) is 10.2 Å². The Hall–Kier alpha value is -2.56. The van der Waals surface area contributed by atoms with Gasteiger partial charge in [-0.3, -0.25) is 14.4 Å². The molecule has 10 heteroatoms. The van der Waals surface area contributed by atoms with Crippen LogP contribution in [0.5, 0.6) is 0 Å². The predicted octanol–water partition coefficient (Wildman–Crippen LogP) is 3.80. The van der Waals surface area contributed by atoms with Crippen molar-refractivity contribution in [1.29, 1.82) is 0 Å². The van der Waals surface area contributed by atoms with E-state index in [1.165, 1.54) is 39.3 Å². The van der Waals surface area contributed by atoms with Gasteiger partial charge in [0.05, 0.1) is 33.5 Å². The fraction of sp³-hybridized carbons (Fsp3) is 0.286. The number of fused-ring (bicyclic) bond motifs is 6. The lowest BCUT2D eigenvalue weighted by Gasteiger charge is -2.17. The van der Waals surface area contributed by atoms with Crippen LogP contribution in [-0.2, 0) is 14.4 Å². The van der Waals surface area contributed by atoms with Gasteiger partial charge in [0.1, 0.15) is 0 Å². The highest BCUT2D eigenvalue weighted by molar-refractivity contribution is 8.01. The summed E-state index contributed by atoms with van der Waals surface area (Å²) in [6, 6.07) is 5.49. The van der Waals surface area contributed by atoms with Gasteiger partial charge in [-0.25, -0.2) is 14.9 Å². The highest BCUT2D eigenvalue weighted by Crippen LogP contribution is 2.53. The smallest absolute Gasteiger partial charge is 0.238 e. The molecule has 3 aliphatic rings. The van der Waals surface area contributed by atoms with Crippen molar-refractivity contribution in [3.8, 4) is 0 Å². The molecule has 6 rings (SSSR count). The lowest BCUT2D eigenvalue weighted by atomic mass is 9.85. The molecule has 7 nitrogen and oxygen atoms in total. The molecule has 1 aromatic carbocycles. The molecule has 3 amide bonds. The number of rotatable bonds is 5. The van der Waals surface area contributed by atoms with E-state index in [9.17, 15) is 14.4 Å². The Morgan fingerprint density at radius 1 is 1.19 bits per heavy atom. The highest BCUT2D eigenvalue weighted by atomic mass is 32.2. The molecular formula is C21H16N4O3S3. The lowest BCUT2D eigenvalue weighted by Crippen LogP contribution is -2.32. The van der Waals surface area contributed by atoms with Gasteiger partial charge in [-0.2, -0.15) is 0 Å². The zero-order valence-corrected chi connectivity index (χ0v) is 18.5. The number of benzene rings is 1. The number of nitrogens with one attached hydrogen (secondary N) is 1. The van der Waals surface area contributed by atoms with Gasteiger partial charge in [-0.15, -0.1) is 22.7 Å². The van der Waals surface area contributed by atoms with E-state index in [4.69, 9.17) is 0 Å². The number of carbonyl (C=O) groups excluding carboxylic acids is 3. The molecule has 2 aliphatic carbocycles. The zero-order chi connectivity index (χ0) is 21.1. The van der Waals surface area contributed by atoms with Crippen LogP contribution in [0.2, 0.25) is 0 Å². The molecule has 1 N–H and O–H groups in total. The third-order valence-electron chi connectivity index (χ3n) is 6.09. The molecule has 4 atom stereocenters. The molecule has 0 unspecified atom stereocenters. The second-order valence-electron chi connectivity index (χ2n) is 7.82. The molecule has 156 valence electrons. The van der Waals surface area contributed by atoms with Crippen LogP contribution < -0.4 is 10.2 Å². The number of aromatic nitrogens is 2. The van der Waals surface area contributed by atoms with Crippen molar-refractivity contribution < 1.29 is 14.4 Å². The van der Waals surface area contributed by atoms with Crippen molar-refractivity contribution in [2.75, 3.05) is 16.0 Å². The molecular weight excluding hydrogens is 452 g/mol. The van der Waals surface area contributed by atoms with Crippen LogP contribution >= 0.6 is 34.4 Å². The van der Waals surface area contributed by atoms with Crippen LogP contribution in [0.1, 0.15) is 6.42 Å². The first-order valence-corrected chi connectivity index (χ1v) is 12.6. The second kappa shape index (κ2) is 7.25. The van der Waals surface area contributed by atoms with Crippen molar-refractivity contribution in [3.63, 3.8) is 0 Å². The molecule has 2 fully saturated rings. The molecule has 2 bridgehead atoms. The Labute approximate surface area is 189 Å². The van der Waals surface area contributed by atoms with Crippen molar-refractivity contribution in [2.45, 2.75) is 10.8 Å². The van der Waals surface area contributed by atoms with Crippen LogP contribution in [0.15, 0.2) is 46.3 Å². The number of carbonyl (C=O) groups is 3. The number of anilines is 2. The van der Waals surface area contributed by atoms with Crippen LogP contribution in [0.4, 0.5) is 10.8 Å². The normalized spacial score (nSPS) is 26.3. The maximum absolute atomic E-state index is 13.0. The van der Waals surface area contributed by atoms with Crippen LogP contribution in [0.3, 0.4) is 0 Å². The molecule has 0 spiro atoms. The summed E-state index contributed by atoms with van der Waals surface area (Å²) in [5, 5.41) is 5.13.